The van der Waals surface area contributed by atoms with Gasteiger partial charge in [0.25, 0.3) is 5.91 Å². The van der Waals surface area contributed by atoms with Crippen molar-refractivity contribution in [3.05, 3.63) is 76.7 Å². The minimum absolute atomic E-state index is 0.308. The second-order valence-corrected chi connectivity index (χ2v) is 6.53. The van der Waals surface area contributed by atoms with Crippen LogP contribution in [0, 0.1) is 6.92 Å². The van der Waals surface area contributed by atoms with Crippen LogP contribution in [-0.2, 0) is 6.42 Å². The third kappa shape index (κ3) is 3.13. The van der Waals surface area contributed by atoms with Crippen LogP contribution in [0.4, 0.5) is 17.2 Å². The Morgan fingerprint density at radius 2 is 1.88 bits per heavy atom. The number of carbonyl (C=O) groups is 1. The lowest BCUT2D eigenvalue weighted by atomic mass is 10.2. The maximum Gasteiger partial charge on any atom is 0.274 e. The zero-order valence-corrected chi connectivity index (χ0v) is 15.0. The molecule has 0 unspecified atom stereocenters. The minimum Gasteiger partial charge on any atom is -0.326 e. The molecule has 5 nitrogen and oxygen atoms in total. The van der Waals surface area contributed by atoms with E-state index in [1.807, 2.05) is 24.3 Å². The van der Waals surface area contributed by atoms with E-state index in [2.05, 4.69) is 32.3 Å². The SMILES string of the molecule is Cc1nc(C(=O)Nc2ccccc2Cl)cc(N2CCc3ccccc32)n1. The van der Waals surface area contributed by atoms with Crippen molar-refractivity contribution in [1.29, 1.82) is 0 Å². The van der Waals surface area contributed by atoms with Crippen LogP contribution in [0.3, 0.4) is 0 Å². The van der Waals surface area contributed by atoms with E-state index in [1.54, 1.807) is 25.1 Å². The van der Waals surface area contributed by atoms with Gasteiger partial charge in [0.2, 0.25) is 0 Å². The summed E-state index contributed by atoms with van der Waals surface area (Å²) < 4.78 is 0. The van der Waals surface area contributed by atoms with Gasteiger partial charge < -0.3 is 10.2 Å². The van der Waals surface area contributed by atoms with Gasteiger partial charge in [0, 0.05) is 18.3 Å². The molecule has 130 valence electrons. The quantitative estimate of drug-likeness (QED) is 0.749. The summed E-state index contributed by atoms with van der Waals surface area (Å²) in [5.74, 6) is 0.972. The summed E-state index contributed by atoms with van der Waals surface area (Å²) in [4.78, 5) is 23.6. The molecule has 0 bridgehead atoms. The van der Waals surface area contributed by atoms with Crippen LogP contribution in [0.5, 0.6) is 0 Å². The van der Waals surface area contributed by atoms with Crippen LogP contribution >= 0.6 is 11.6 Å². The van der Waals surface area contributed by atoms with Gasteiger partial charge >= 0.3 is 0 Å². The molecule has 0 fully saturated rings. The number of carbonyl (C=O) groups excluding carboxylic acids is 1. The number of nitrogens with one attached hydrogen (secondary N) is 1. The third-order valence-corrected chi connectivity index (χ3v) is 4.67. The van der Waals surface area contributed by atoms with Crippen molar-refractivity contribution in [1.82, 2.24) is 9.97 Å². The third-order valence-electron chi connectivity index (χ3n) is 4.34. The summed E-state index contributed by atoms with van der Waals surface area (Å²) in [7, 11) is 0. The lowest BCUT2D eigenvalue weighted by Gasteiger charge is -2.19. The topological polar surface area (TPSA) is 58.1 Å². The lowest BCUT2D eigenvalue weighted by Crippen LogP contribution is -2.19. The predicted octanol–water partition coefficient (Wildman–Crippen LogP) is 4.38. The van der Waals surface area contributed by atoms with Crippen LogP contribution < -0.4 is 10.2 Å². The molecular weight excluding hydrogens is 348 g/mol. The molecular formula is C20H17ClN4O. The van der Waals surface area contributed by atoms with E-state index in [1.165, 1.54) is 5.56 Å². The summed E-state index contributed by atoms with van der Waals surface area (Å²) in [5, 5.41) is 3.30. The molecule has 4 rings (SSSR count). The molecule has 1 aliphatic rings. The van der Waals surface area contributed by atoms with Crippen molar-refractivity contribution in [2.24, 2.45) is 0 Å². The van der Waals surface area contributed by atoms with Gasteiger partial charge in [0.15, 0.2) is 0 Å². The molecule has 6 heteroatoms. The fourth-order valence-corrected chi connectivity index (χ4v) is 3.31. The molecule has 1 aliphatic heterocycles. The van der Waals surface area contributed by atoms with Crippen molar-refractivity contribution in [3.8, 4) is 0 Å². The molecule has 2 heterocycles. The Morgan fingerprint density at radius 3 is 2.73 bits per heavy atom. The number of fused-ring (bicyclic) bond motifs is 1. The van der Waals surface area contributed by atoms with E-state index in [0.717, 1.165) is 24.5 Å². The normalized spacial score (nSPS) is 12.8. The van der Waals surface area contributed by atoms with Gasteiger partial charge in [0.1, 0.15) is 17.3 Å². The Bertz CT molecular complexity index is 989. The number of hydrogen-bond acceptors (Lipinski definition) is 4. The molecule has 0 aliphatic carbocycles. The largest absolute Gasteiger partial charge is 0.326 e. The summed E-state index contributed by atoms with van der Waals surface area (Å²) >= 11 is 6.12. The average molecular weight is 365 g/mol. The molecule has 1 aromatic heterocycles. The highest BCUT2D eigenvalue weighted by Crippen LogP contribution is 2.33. The predicted molar refractivity (Wildman–Crippen MR) is 103 cm³/mol. The van der Waals surface area contributed by atoms with Crippen LogP contribution in [0.1, 0.15) is 21.9 Å². The molecule has 3 aromatic rings. The molecule has 0 atom stereocenters. The molecule has 0 spiro atoms. The van der Waals surface area contributed by atoms with Gasteiger partial charge in [-0.2, -0.15) is 0 Å². The number of nitrogens with zero attached hydrogens (tertiary/aromatic N) is 3. The number of hydrogen-bond donors (Lipinski definition) is 1. The molecule has 1 amide bonds. The number of para-hydroxylation sites is 2. The van der Waals surface area contributed by atoms with Crippen molar-refractivity contribution in [3.63, 3.8) is 0 Å². The van der Waals surface area contributed by atoms with Gasteiger partial charge in [-0.1, -0.05) is 41.9 Å². The summed E-state index contributed by atoms with van der Waals surface area (Å²) in [6.07, 6.45) is 0.959. The Kier molecular flexibility index (Phi) is 4.31. The molecule has 0 saturated heterocycles. The second-order valence-electron chi connectivity index (χ2n) is 6.12. The summed E-state index contributed by atoms with van der Waals surface area (Å²) in [6, 6.07) is 17.1. The van der Waals surface area contributed by atoms with Crippen LogP contribution in [0.2, 0.25) is 5.02 Å². The molecule has 2 aromatic carbocycles. The van der Waals surface area contributed by atoms with E-state index in [9.17, 15) is 4.79 Å². The average Bonchev–Trinajstić information content (AvgIpc) is 3.07. The van der Waals surface area contributed by atoms with Crippen molar-refractivity contribution >= 4 is 34.7 Å². The Labute approximate surface area is 156 Å². The van der Waals surface area contributed by atoms with Gasteiger partial charge in [-0.05, 0) is 37.1 Å². The Balaban J connectivity index is 1.65. The maximum atomic E-state index is 12.7. The summed E-state index contributed by atoms with van der Waals surface area (Å²) in [5.41, 5.74) is 3.29. The van der Waals surface area contributed by atoms with E-state index in [4.69, 9.17) is 11.6 Å². The Hall–Kier alpha value is -2.92. The molecule has 0 radical (unpaired) electrons. The monoisotopic (exact) mass is 364 g/mol. The van der Waals surface area contributed by atoms with Crippen molar-refractivity contribution in [2.75, 3.05) is 16.8 Å². The maximum absolute atomic E-state index is 12.7. The first kappa shape index (κ1) is 16.5. The number of amides is 1. The highest BCUT2D eigenvalue weighted by molar-refractivity contribution is 6.33. The number of aryl methyl sites for hydroxylation is 1. The molecule has 1 N–H and O–H groups in total. The highest BCUT2D eigenvalue weighted by Gasteiger charge is 2.22. The second kappa shape index (κ2) is 6.77. The van der Waals surface area contributed by atoms with Gasteiger partial charge in [0.05, 0.1) is 10.7 Å². The minimum atomic E-state index is -0.308. The number of aromatic nitrogens is 2. The van der Waals surface area contributed by atoms with Crippen LogP contribution in [-0.4, -0.2) is 22.4 Å². The van der Waals surface area contributed by atoms with E-state index in [-0.39, 0.29) is 5.91 Å². The zero-order valence-electron chi connectivity index (χ0n) is 14.2. The smallest absolute Gasteiger partial charge is 0.274 e. The number of rotatable bonds is 3. The van der Waals surface area contributed by atoms with E-state index >= 15 is 0 Å². The molecule has 0 saturated carbocycles. The summed E-state index contributed by atoms with van der Waals surface area (Å²) in [6.45, 7) is 2.62. The van der Waals surface area contributed by atoms with Crippen LogP contribution in [0.15, 0.2) is 54.6 Å². The first-order chi connectivity index (χ1) is 12.6. The fourth-order valence-electron chi connectivity index (χ4n) is 3.13. The Morgan fingerprint density at radius 1 is 1.12 bits per heavy atom. The lowest BCUT2D eigenvalue weighted by molar-refractivity contribution is 0.102. The van der Waals surface area contributed by atoms with E-state index < -0.39 is 0 Å². The van der Waals surface area contributed by atoms with Gasteiger partial charge in [-0.3, -0.25) is 4.79 Å². The number of benzene rings is 2. The fraction of sp³-hybridized carbons (Fsp3) is 0.150. The van der Waals surface area contributed by atoms with Crippen molar-refractivity contribution in [2.45, 2.75) is 13.3 Å². The first-order valence-corrected chi connectivity index (χ1v) is 8.76. The highest BCUT2D eigenvalue weighted by atomic mass is 35.5. The van der Waals surface area contributed by atoms with Crippen LogP contribution in [0.25, 0.3) is 0 Å². The standard InChI is InChI=1S/C20H17ClN4O/c1-13-22-17(20(26)24-16-8-4-3-7-15(16)21)12-19(23-13)25-11-10-14-6-2-5-9-18(14)25/h2-9,12H,10-11H2,1H3,(H,24,26). The van der Waals surface area contributed by atoms with Crippen molar-refractivity contribution < 1.29 is 4.79 Å². The number of anilines is 3. The zero-order chi connectivity index (χ0) is 18.1. The first-order valence-electron chi connectivity index (χ1n) is 8.39. The molecule has 26 heavy (non-hydrogen) atoms. The van der Waals surface area contributed by atoms with Gasteiger partial charge in [-0.25, -0.2) is 9.97 Å². The van der Waals surface area contributed by atoms with E-state index in [0.29, 0.717) is 22.2 Å². The number of halogens is 1. The van der Waals surface area contributed by atoms with Gasteiger partial charge in [-0.15, -0.1) is 0 Å².